The molecular formula is C23H29N5O4. The summed E-state index contributed by atoms with van der Waals surface area (Å²) in [6.45, 7) is 9.13. The van der Waals surface area contributed by atoms with Gasteiger partial charge in [-0.15, -0.1) is 0 Å². The van der Waals surface area contributed by atoms with Crippen LogP contribution in [0.5, 0.6) is 5.75 Å². The molecule has 0 unspecified atom stereocenters. The summed E-state index contributed by atoms with van der Waals surface area (Å²) in [6.07, 6.45) is 2.98. The highest BCUT2D eigenvalue weighted by atomic mass is 16.6. The number of rotatable bonds is 4. The number of aromatic nitrogens is 3. The number of nitrogens with zero attached hydrogens (tertiary/aromatic N) is 4. The van der Waals surface area contributed by atoms with E-state index in [0.29, 0.717) is 37.9 Å². The summed E-state index contributed by atoms with van der Waals surface area (Å²) in [6, 6.07) is 7.77. The van der Waals surface area contributed by atoms with Gasteiger partial charge in [-0.2, -0.15) is 5.10 Å². The number of fused-ring (bicyclic) bond motifs is 1. The second-order valence-corrected chi connectivity index (χ2v) is 8.91. The van der Waals surface area contributed by atoms with Gasteiger partial charge in [-0.05, 0) is 51.5 Å². The fourth-order valence-electron chi connectivity index (χ4n) is 3.56. The highest BCUT2D eigenvalue weighted by molar-refractivity contribution is 5.74. The zero-order valence-electron chi connectivity index (χ0n) is 18.9. The molecule has 1 saturated heterocycles. The average Bonchev–Trinajstić information content (AvgIpc) is 3.11. The summed E-state index contributed by atoms with van der Waals surface area (Å²) < 4.78 is 19.1. The van der Waals surface area contributed by atoms with Gasteiger partial charge in [-0.1, -0.05) is 0 Å². The van der Waals surface area contributed by atoms with Gasteiger partial charge in [0, 0.05) is 30.1 Å². The molecule has 3 aromatic heterocycles. The van der Waals surface area contributed by atoms with Crippen LogP contribution in [0.3, 0.4) is 0 Å². The monoisotopic (exact) mass is 439 g/mol. The van der Waals surface area contributed by atoms with E-state index < -0.39 is 5.60 Å². The van der Waals surface area contributed by atoms with Crippen LogP contribution < -0.4 is 10.5 Å². The zero-order chi connectivity index (χ0) is 22.9. The Balaban J connectivity index is 1.48. The van der Waals surface area contributed by atoms with Gasteiger partial charge < -0.3 is 24.8 Å². The maximum absolute atomic E-state index is 12.4. The Morgan fingerprint density at radius 1 is 1.31 bits per heavy atom. The molecule has 0 spiro atoms. The fourth-order valence-corrected chi connectivity index (χ4v) is 3.56. The van der Waals surface area contributed by atoms with Crippen molar-refractivity contribution in [2.45, 2.75) is 39.4 Å². The number of pyridine rings is 2. The van der Waals surface area contributed by atoms with E-state index in [-0.39, 0.29) is 12.2 Å². The first-order chi connectivity index (χ1) is 15.2. The smallest absolute Gasteiger partial charge is 0.410 e. The molecule has 9 nitrogen and oxygen atoms in total. The number of anilines is 1. The number of nitrogen functional groups attached to an aromatic ring is 1. The van der Waals surface area contributed by atoms with E-state index in [9.17, 15) is 4.79 Å². The Bertz CT molecular complexity index is 1120. The van der Waals surface area contributed by atoms with E-state index in [4.69, 9.17) is 19.9 Å². The third kappa shape index (κ3) is 5.11. The van der Waals surface area contributed by atoms with Crippen LogP contribution in [-0.2, 0) is 9.47 Å². The van der Waals surface area contributed by atoms with Crippen molar-refractivity contribution in [3.63, 3.8) is 0 Å². The van der Waals surface area contributed by atoms with Gasteiger partial charge in [-0.25, -0.2) is 9.31 Å². The average molecular weight is 440 g/mol. The van der Waals surface area contributed by atoms with Gasteiger partial charge >= 0.3 is 6.09 Å². The summed E-state index contributed by atoms with van der Waals surface area (Å²) in [7, 11) is 0. The second-order valence-electron chi connectivity index (χ2n) is 8.91. The van der Waals surface area contributed by atoms with Crippen LogP contribution in [0.1, 0.15) is 26.5 Å². The highest BCUT2D eigenvalue weighted by Crippen LogP contribution is 2.31. The summed E-state index contributed by atoms with van der Waals surface area (Å²) >= 11 is 0. The number of hydrogen-bond donors (Lipinski definition) is 1. The fraction of sp³-hybridized carbons (Fsp3) is 0.435. The molecule has 0 bridgehead atoms. The van der Waals surface area contributed by atoms with Gasteiger partial charge in [0.05, 0.1) is 24.9 Å². The standard InChI is InChI=1S/C23H29N5O4/c1-15-9-19(16-5-6-28-17(10-16)11-21(24)26-28)20(12-25-15)31-14-18-13-27(7-8-30-18)22(29)32-23(2,3)4/h5-6,9-12,18H,7-8,13-14H2,1-4H3,(H2,24,26)/t18-/m0/s1. The Morgan fingerprint density at radius 3 is 2.91 bits per heavy atom. The molecule has 0 aromatic carbocycles. The molecule has 1 amide bonds. The van der Waals surface area contributed by atoms with E-state index in [1.165, 1.54) is 0 Å². The number of aryl methyl sites for hydroxylation is 1. The number of carbonyl (C=O) groups is 1. The first kappa shape index (κ1) is 21.9. The van der Waals surface area contributed by atoms with E-state index in [2.05, 4.69) is 10.1 Å². The molecule has 4 rings (SSSR count). The van der Waals surface area contributed by atoms with Gasteiger partial charge in [0.2, 0.25) is 0 Å². The predicted molar refractivity (Wildman–Crippen MR) is 121 cm³/mol. The zero-order valence-corrected chi connectivity index (χ0v) is 18.9. The van der Waals surface area contributed by atoms with Crippen LogP contribution in [0.4, 0.5) is 10.6 Å². The largest absolute Gasteiger partial charge is 0.489 e. The molecular weight excluding hydrogens is 410 g/mol. The number of ether oxygens (including phenoxy) is 3. The maximum atomic E-state index is 12.4. The number of carbonyl (C=O) groups excluding carboxylic acids is 1. The van der Waals surface area contributed by atoms with Crippen LogP contribution in [0, 0.1) is 6.92 Å². The minimum atomic E-state index is -0.537. The van der Waals surface area contributed by atoms with E-state index in [0.717, 1.165) is 22.3 Å². The van der Waals surface area contributed by atoms with Crippen molar-refractivity contribution in [1.82, 2.24) is 19.5 Å². The van der Waals surface area contributed by atoms with Crippen LogP contribution in [0.2, 0.25) is 0 Å². The first-order valence-corrected chi connectivity index (χ1v) is 10.6. The predicted octanol–water partition coefficient (Wildman–Crippen LogP) is 3.30. The van der Waals surface area contributed by atoms with Gasteiger partial charge in [0.1, 0.15) is 29.9 Å². The summed E-state index contributed by atoms with van der Waals surface area (Å²) in [5.41, 5.74) is 8.93. The van der Waals surface area contributed by atoms with Gasteiger partial charge in [-0.3, -0.25) is 4.98 Å². The van der Waals surface area contributed by atoms with E-state index >= 15 is 0 Å². The highest BCUT2D eigenvalue weighted by Gasteiger charge is 2.28. The molecule has 9 heteroatoms. The Hall–Kier alpha value is -3.33. The lowest BCUT2D eigenvalue weighted by molar-refractivity contribution is -0.0556. The Labute approximate surface area is 187 Å². The van der Waals surface area contributed by atoms with Crippen LogP contribution in [0.15, 0.2) is 36.7 Å². The lowest BCUT2D eigenvalue weighted by atomic mass is 10.1. The number of hydrogen-bond acceptors (Lipinski definition) is 7. The van der Waals surface area contributed by atoms with Crippen LogP contribution in [-0.4, -0.2) is 63.6 Å². The molecule has 4 heterocycles. The van der Waals surface area contributed by atoms with E-state index in [1.807, 2.05) is 58.2 Å². The van der Waals surface area contributed by atoms with Crippen LogP contribution in [0.25, 0.3) is 16.6 Å². The molecule has 170 valence electrons. The number of nitrogens with two attached hydrogens (primary N) is 1. The molecule has 0 radical (unpaired) electrons. The normalized spacial score (nSPS) is 16.9. The minimum Gasteiger partial charge on any atom is -0.489 e. The maximum Gasteiger partial charge on any atom is 0.410 e. The van der Waals surface area contributed by atoms with Gasteiger partial charge in [0.15, 0.2) is 0 Å². The lowest BCUT2D eigenvalue weighted by Crippen LogP contribution is -2.49. The number of amides is 1. The summed E-state index contributed by atoms with van der Waals surface area (Å²) in [5.74, 6) is 1.11. The van der Waals surface area contributed by atoms with Crippen molar-refractivity contribution in [2.75, 3.05) is 32.0 Å². The first-order valence-electron chi connectivity index (χ1n) is 10.6. The molecule has 1 aliphatic rings. The summed E-state index contributed by atoms with van der Waals surface area (Å²) in [5, 5.41) is 4.22. The van der Waals surface area contributed by atoms with Crippen molar-refractivity contribution >= 4 is 17.4 Å². The molecule has 0 aliphatic carbocycles. The Morgan fingerprint density at radius 2 is 2.12 bits per heavy atom. The molecule has 2 N–H and O–H groups in total. The quantitative estimate of drug-likeness (QED) is 0.665. The van der Waals surface area contributed by atoms with Crippen molar-refractivity contribution in [3.05, 3.63) is 42.4 Å². The molecule has 0 saturated carbocycles. The van der Waals surface area contributed by atoms with Crippen molar-refractivity contribution in [3.8, 4) is 16.9 Å². The molecule has 1 atom stereocenters. The molecule has 3 aromatic rings. The van der Waals surface area contributed by atoms with Crippen molar-refractivity contribution in [1.29, 1.82) is 0 Å². The second kappa shape index (κ2) is 8.66. The third-order valence-corrected chi connectivity index (χ3v) is 5.01. The molecule has 32 heavy (non-hydrogen) atoms. The topological polar surface area (TPSA) is 104 Å². The van der Waals surface area contributed by atoms with E-state index in [1.54, 1.807) is 15.6 Å². The third-order valence-electron chi connectivity index (χ3n) is 5.01. The number of morpholine rings is 1. The minimum absolute atomic E-state index is 0.262. The van der Waals surface area contributed by atoms with Crippen molar-refractivity contribution in [2.24, 2.45) is 0 Å². The SMILES string of the molecule is Cc1cc(-c2ccn3nc(N)cc3c2)c(OC[C@@H]2CN(C(=O)OC(C)(C)C)CCO2)cn1. The Kier molecular flexibility index (Phi) is 5.92. The molecule has 1 fully saturated rings. The molecule has 1 aliphatic heterocycles. The van der Waals surface area contributed by atoms with Crippen molar-refractivity contribution < 1.29 is 19.0 Å². The van der Waals surface area contributed by atoms with Gasteiger partial charge in [0.25, 0.3) is 0 Å². The lowest BCUT2D eigenvalue weighted by Gasteiger charge is -2.34. The summed E-state index contributed by atoms with van der Waals surface area (Å²) in [4.78, 5) is 18.5. The van der Waals surface area contributed by atoms with Crippen LogP contribution >= 0.6 is 0 Å².